The summed E-state index contributed by atoms with van der Waals surface area (Å²) in [6.45, 7) is 0.550. The second-order valence-corrected chi connectivity index (χ2v) is 11.2. The first-order valence-corrected chi connectivity index (χ1v) is 15.4. The Balaban J connectivity index is 1.12. The van der Waals surface area contributed by atoms with Crippen LogP contribution in [0.3, 0.4) is 0 Å². The zero-order chi connectivity index (χ0) is 32.0. The summed E-state index contributed by atoms with van der Waals surface area (Å²) in [6.07, 6.45) is 0.228. The molecule has 0 amide bonds. The van der Waals surface area contributed by atoms with E-state index < -0.39 is 0 Å². The first-order valence-electron chi connectivity index (χ1n) is 14.6. The van der Waals surface area contributed by atoms with E-state index in [1.165, 1.54) is 0 Å². The highest BCUT2D eigenvalue weighted by atomic mass is 32.1. The molecule has 1 aliphatic heterocycles. The summed E-state index contributed by atoms with van der Waals surface area (Å²) in [5.74, 6) is 4.03. The molecule has 11 heteroatoms. The quantitative estimate of drug-likeness (QED) is 0.122. The van der Waals surface area contributed by atoms with E-state index in [-0.39, 0.29) is 19.3 Å². The van der Waals surface area contributed by atoms with Crippen molar-refractivity contribution in [2.24, 2.45) is 5.16 Å². The highest BCUT2D eigenvalue weighted by molar-refractivity contribution is 7.21. The van der Waals surface area contributed by atoms with Crippen LogP contribution in [0.15, 0.2) is 78.0 Å². The summed E-state index contributed by atoms with van der Waals surface area (Å²) in [4.78, 5) is 10.6. The predicted octanol–water partition coefficient (Wildman–Crippen LogP) is 7.33. The minimum atomic E-state index is -0.312. The number of oxime groups is 1. The van der Waals surface area contributed by atoms with Gasteiger partial charge in [0.1, 0.15) is 18.2 Å². The molecule has 0 N–H and O–H groups in total. The molecule has 6 rings (SSSR count). The van der Waals surface area contributed by atoms with Gasteiger partial charge in [0, 0.05) is 17.5 Å². The van der Waals surface area contributed by atoms with Gasteiger partial charge in [0.25, 0.3) is 0 Å². The molecular formula is C35H34N2O8S. The molecule has 0 saturated carbocycles. The van der Waals surface area contributed by atoms with E-state index in [0.717, 1.165) is 37.6 Å². The summed E-state index contributed by atoms with van der Waals surface area (Å²) in [5.41, 5.74) is 4.40. The SMILES string of the molecule is COc1ccc(-c2nc3ccccc3s2)cc1OCCOc1cc(C2CC(c3cc(OC)c(OC)c(OC)c3)=NO2)ccc1OC. The van der Waals surface area contributed by atoms with Crippen molar-refractivity contribution in [3.63, 3.8) is 0 Å². The summed E-state index contributed by atoms with van der Waals surface area (Å²) in [5, 5.41) is 5.28. The standard InChI is InChI=1S/C35H34N2O8S/c1-38-26-12-10-21(28-20-25(37-45-28)23-18-31(40-3)34(42-5)32(19-23)41-4)16-29(26)43-14-15-44-30-17-22(11-13-27(30)39-2)35-36-24-8-6-7-9-33(24)46-35/h6-13,16-19,28H,14-15,20H2,1-5H3. The number of rotatable bonds is 13. The molecule has 0 saturated heterocycles. The van der Waals surface area contributed by atoms with Crippen LogP contribution in [-0.2, 0) is 4.84 Å². The number of thiazole rings is 1. The number of hydrogen-bond donors (Lipinski definition) is 0. The largest absolute Gasteiger partial charge is 0.493 e. The van der Waals surface area contributed by atoms with Crippen molar-refractivity contribution < 1.29 is 38.0 Å². The van der Waals surface area contributed by atoms with Gasteiger partial charge < -0.3 is 38.0 Å². The molecular weight excluding hydrogens is 608 g/mol. The predicted molar refractivity (Wildman–Crippen MR) is 177 cm³/mol. The van der Waals surface area contributed by atoms with Crippen molar-refractivity contribution in [1.29, 1.82) is 0 Å². The third-order valence-electron chi connectivity index (χ3n) is 7.53. The van der Waals surface area contributed by atoms with E-state index in [9.17, 15) is 0 Å². The fraction of sp³-hybridized carbons (Fsp3) is 0.257. The molecule has 1 atom stereocenters. The zero-order valence-corrected chi connectivity index (χ0v) is 27.0. The molecule has 0 radical (unpaired) electrons. The number of ether oxygens (including phenoxy) is 7. The Morgan fingerprint density at radius 3 is 1.96 bits per heavy atom. The molecule has 1 unspecified atom stereocenters. The Morgan fingerprint density at radius 2 is 1.30 bits per heavy atom. The van der Waals surface area contributed by atoms with Crippen LogP contribution in [0.5, 0.6) is 40.2 Å². The fourth-order valence-corrected chi connectivity index (χ4v) is 6.16. The molecule has 10 nitrogen and oxygen atoms in total. The zero-order valence-electron chi connectivity index (χ0n) is 26.2. The van der Waals surface area contributed by atoms with E-state index >= 15 is 0 Å². The minimum absolute atomic E-state index is 0.271. The maximum absolute atomic E-state index is 6.13. The molecule has 5 aromatic rings. The minimum Gasteiger partial charge on any atom is -0.493 e. The molecule has 0 aliphatic carbocycles. The van der Waals surface area contributed by atoms with Crippen molar-refractivity contribution in [3.8, 4) is 50.8 Å². The van der Waals surface area contributed by atoms with E-state index in [1.54, 1.807) is 46.9 Å². The second-order valence-electron chi connectivity index (χ2n) is 10.2. The highest BCUT2D eigenvalue weighted by Crippen LogP contribution is 2.41. The van der Waals surface area contributed by atoms with Gasteiger partial charge in [0.2, 0.25) is 5.75 Å². The first-order chi connectivity index (χ1) is 22.5. The molecule has 238 valence electrons. The van der Waals surface area contributed by atoms with Gasteiger partial charge in [-0.3, -0.25) is 0 Å². The van der Waals surface area contributed by atoms with Crippen molar-refractivity contribution >= 4 is 27.3 Å². The van der Waals surface area contributed by atoms with E-state index in [0.29, 0.717) is 46.7 Å². The van der Waals surface area contributed by atoms with Gasteiger partial charge in [-0.25, -0.2) is 4.98 Å². The lowest BCUT2D eigenvalue weighted by Gasteiger charge is -2.16. The van der Waals surface area contributed by atoms with Gasteiger partial charge in [0.15, 0.2) is 40.6 Å². The van der Waals surface area contributed by atoms with E-state index in [1.807, 2.05) is 66.7 Å². The van der Waals surface area contributed by atoms with Gasteiger partial charge in [-0.15, -0.1) is 11.3 Å². The van der Waals surface area contributed by atoms with Crippen molar-refractivity contribution in [3.05, 3.63) is 83.9 Å². The van der Waals surface area contributed by atoms with E-state index in [4.69, 9.17) is 43.0 Å². The van der Waals surface area contributed by atoms with Gasteiger partial charge in [-0.1, -0.05) is 23.4 Å². The molecule has 0 spiro atoms. The van der Waals surface area contributed by atoms with Crippen LogP contribution in [0, 0.1) is 0 Å². The average Bonchev–Trinajstić information content (AvgIpc) is 3.77. The summed E-state index contributed by atoms with van der Waals surface area (Å²) in [7, 11) is 7.96. The van der Waals surface area contributed by atoms with Crippen LogP contribution in [0.1, 0.15) is 23.7 Å². The van der Waals surface area contributed by atoms with Gasteiger partial charge in [-0.05, 0) is 60.2 Å². The van der Waals surface area contributed by atoms with Crippen molar-refractivity contribution in [2.75, 3.05) is 48.8 Å². The molecule has 4 aromatic carbocycles. The lowest BCUT2D eigenvalue weighted by Crippen LogP contribution is -2.11. The van der Waals surface area contributed by atoms with Crippen LogP contribution in [0.2, 0.25) is 0 Å². The normalized spacial score (nSPS) is 13.9. The Labute approximate surface area is 271 Å². The Kier molecular flexibility index (Phi) is 9.30. The highest BCUT2D eigenvalue weighted by Gasteiger charge is 2.27. The van der Waals surface area contributed by atoms with Gasteiger partial charge in [0.05, 0.1) is 51.5 Å². The van der Waals surface area contributed by atoms with Gasteiger partial charge >= 0.3 is 0 Å². The van der Waals surface area contributed by atoms with Crippen LogP contribution in [0.25, 0.3) is 20.8 Å². The first kappa shape index (κ1) is 30.8. The van der Waals surface area contributed by atoms with E-state index in [2.05, 4.69) is 11.2 Å². The van der Waals surface area contributed by atoms with Crippen LogP contribution >= 0.6 is 11.3 Å². The van der Waals surface area contributed by atoms with Gasteiger partial charge in [-0.2, -0.15) is 0 Å². The molecule has 1 aromatic heterocycles. The van der Waals surface area contributed by atoms with Crippen LogP contribution < -0.4 is 33.2 Å². The smallest absolute Gasteiger partial charge is 0.203 e. The van der Waals surface area contributed by atoms with Crippen LogP contribution in [0.4, 0.5) is 0 Å². The number of para-hydroxylation sites is 1. The molecule has 0 bridgehead atoms. The van der Waals surface area contributed by atoms with Crippen LogP contribution in [-0.4, -0.2) is 59.5 Å². The number of nitrogens with zero attached hydrogens (tertiary/aromatic N) is 2. The summed E-state index contributed by atoms with van der Waals surface area (Å²) >= 11 is 1.64. The Bertz CT molecular complexity index is 1810. The summed E-state index contributed by atoms with van der Waals surface area (Å²) in [6, 6.07) is 23.3. The Morgan fingerprint density at radius 1 is 0.674 bits per heavy atom. The maximum atomic E-state index is 6.13. The molecule has 1 aliphatic rings. The topological polar surface area (TPSA) is 99.1 Å². The summed E-state index contributed by atoms with van der Waals surface area (Å²) < 4.78 is 41.0. The number of methoxy groups -OCH3 is 5. The fourth-order valence-electron chi connectivity index (χ4n) is 5.20. The van der Waals surface area contributed by atoms with Crippen molar-refractivity contribution in [1.82, 2.24) is 4.98 Å². The molecule has 2 heterocycles. The molecule has 0 fully saturated rings. The lowest BCUT2D eigenvalue weighted by atomic mass is 9.99. The molecule has 46 heavy (non-hydrogen) atoms. The number of hydrogen-bond acceptors (Lipinski definition) is 11. The number of benzene rings is 4. The second kappa shape index (κ2) is 13.9. The average molecular weight is 643 g/mol. The third kappa shape index (κ3) is 6.32. The third-order valence-corrected chi connectivity index (χ3v) is 8.61. The number of aromatic nitrogens is 1. The maximum Gasteiger partial charge on any atom is 0.203 e. The monoisotopic (exact) mass is 642 g/mol. The number of fused-ring (bicyclic) bond motifs is 1. The Hall–Kier alpha value is -5.16. The van der Waals surface area contributed by atoms with Crippen molar-refractivity contribution in [2.45, 2.75) is 12.5 Å². The lowest BCUT2D eigenvalue weighted by molar-refractivity contribution is 0.0854.